The lowest BCUT2D eigenvalue weighted by Crippen LogP contribution is -2.24. The molecule has 0 saturated carbocycles. The highest BCUT2D eigenvalue weighted by Crippen LogP contribution is 2.15. The van der Waals surface area contributed by atoms with Crippen molar-refractivity contribution < 1.29 is 26.3 Å². The van der Waals surface area contributed by atoms with Gasteiger partial charge in [-0.1, -0.05) is 24.0 Å². The maximum atomic E-state index is 13.2. The molecule has 0 saturated heterocycles. The van der Waals surface area contributed by atoms with Gasteiger partial charge < -0.3 is 4.74 Å². The van der Waals surface area contributed by atoms with Crippen LogP contribution in [0.1, 0.15) is 0 Å². The average molecular weight is 355 g/mol. The van der Waals surface area contributed by atoms with E-state index in [-0.39, 0.29) is 18.9 Å². The first-order valence-electron chi connectivity index (χ1n) is 6.67. The van der Waals surface area contributed by atoms with Crippen LogP contribution < -0.4 is 9.46 Å². The maximum absolute atomic E-state index is 13.2. The number of hydrogen-bond donors (Lipinski definition) is 1. The van der Waals surface area contributed by atoms with Crippen molar-refractivity contribution in [3.63, 3.8) is 0 Å². The zero-order valence-electron chi connectivity index (χ0n) is 12.2. The van der Waals surface area contributed by atoms with E-state index in [9.17, 15) is 21.6 Å². The topological polar surface area (TPSA) is 55.4 Å². The number of para-hydroxylation sites is 1. The van der Waals surface area contributed by atoms with Crippen LogP contribution >= 0.6 is 0 Å². The highest BCUT2D eigenvalue weighted by molar-refractivity contribution is 7.89. The van der Waals surface area contributed by atoms with Gasteiger partial charge in [0.15, 0.2) is 11.6 Å². The lowest BCUT2D eigenvalue weighted by atomic mass is 10.3. The molecule has 24 heavy (non-hydrogen) atoms. The van der Waals surface area contributed by atoms with Crippen LogP contribution in [-0.2, 0) is 10.0 Å². The Balaban J connectivity index is 1.89. The van der Waals surface area contributed by atoms with E-state index in [1.54, 1.807) is 6.07 Å². The van der Waals surface area contributed by atoms with E-state index in [0.29, 0.717) is 18.2 Å². The SMILES string of the molecule is O=S(=O)(NCC#CCOc1ccccc1F)c1cc(F)cc(F)c1. The Bertz CT molecular complexity index is 869. The number of ether oxygens (including phenoxy) is 1. The number of benzene rings is 2. The van der Waals surface area contributed by atoms with E-state index >= 15 is 0 Å². The summed E-state index contributed by atoms with van der Waals surface area (Å²) in [5, 5.41) is 0. The van der Waals surface area contributed by atoms with Gasteiger partial charge in [-0.3, -0.25) is 0 Å². The second-order valence-corrected chi connectivity index (χ2v) is 6.27. The third kappa shape index (κ3) is 5.01. The summed E-state index contributed by atoms with van der Waals surface area (Å²) in [6, 6.07) is 7.72. The average Bonchev–Trinajstić information content (AvgIpc) is 2.51. The lowest BCUT2D eigenvalue weighted by molar-refractivity contribution is 0.348. The van der Waals surface area contributed by atoms with E-state index in [1.165, 1.54) is 18.2 Å². The standard InChI is InChI=1S/C16H12F3NO3S/c17-12-9-13(18)11-14(10-12)24(21,22)20-7-3-4-8-23-16-6-2-1-5-15(16)19/h1-2,5-6,9-11,20H,7-8H2. The van der Waals surface area contributed by atoms with Crippen LogP contribution in [0.2, 0.25) is 0 Å². The van der Waals surface area contributed by atoms with Crippen LogP contribution in [0.25, 0.3) is 0 Å². The van der Waals surface area contributed by atoms with Crippen LogP contribution in [0.4, 0.5) is 13.2 Å². The molecule has 0 amide bonds. The molecule has 0 fully saturated rings. The van der Waals surface area contributed by atoms with Gasteiger partial charge in [0.25, 0.3) is 0 Å². The molecule has 0 aliphatic heterocycles. The molecule has 0 aliphatic rings. The molecule has 0 unspecified atom stereocenters. The second-order valence-electron chi connectivity index (χ2n) is 4.50. The van der Waals surface area contributed by atoms with Gasteiger partial charge >= 0.3 is 0 Å². The van der Waals surface area contributed by atoms with Crippen molar-refractivity contribution >= 4 is 10.0 Å². The highest BCUT2D eigenvalue weighted by atomic mass is 32.2. The molecule has 0 spiro atoms. The Hall–Kier alpha value is -2.50. The zero-order valence-corrected chi connectivity index (χ0v) is 13.0. The number of rotatable bonds is 5. The molecule has 0 bridgehead atoms. The molecule has 0 aliphatic carbocycles. The quantitative estimate of drug-likeness (QED) is 0.839. The van der Waals surface area contributed by atoms with Crippen molar-refractivity contribution in [1.29, 1.82) is 0 Å². The van der Waals surface area contributed by atoms with Crippen molar-refractivity contribution in [2.24, 2.45) is 0 Å². The van der Waals surface area contributed by atoms with Crippen molar-refractivity contribution in [2.45, 2.75) is 4.90 Å². The molecule has 0 radical (unpaired) electrons. The van der Waals surface area contributed by atoms with E-state index in [1.807, 2.05) is 0 Å². The molecule has 0 aromatic heterocycles. The van der Waals surface area contributed by atoms with E-state index in [4.69, 9.17) is 4.74 Å². The number of sulfonamides is 1. The highest BCUT2D eigenvalue weighted by Gasteiger charge is 2.15. The third-order valence-corrected chi connectivity index (χ3v) is 4.14. The molecule has 2 aromatic carbocycles. The summed E-state index contributed by atoms with van der Waals surface area (Å²) < 4.78 is 70.1. The maximum Gasteiger partial charge on any atom is 0.241 e. The van der Waals surface area contributed by atoms with Crippen LogP contribution in [0.3, 0.4) is 0 Å². The second kappa shape index (κ2) is 7.86. The van der Waals surface area contributed by atoms with Gasteiger partial charge in [0.05, 0.1) is 11.4 Å². The largest absolute Gasteiger partial charge is 0.478 e. The Kier molecular flexibility index (Phi) is 5.84. The predicted octanol–water partition coefficient (Wildman–Crippen LogP) is 2.46. The molecule has 4 nitrogen and oxygen atoms in total. The molecule has 1 N–H and O–H groups in total. The third-order valence-electron chi connectivity index (χ3n) is 2.76. The fourth-order valence-corrected chi connectivity index (χ4v) is 2.65. The molecule has 0 atom stereocenters. The predicted molar refractivity (Wildman–Crippen MR) is 81.2 cm³/mol. The number of nitrogens with one attached hydrogen (secondary N) is 1. The molecular weight excluding hydrogens is 343 g/mol. The van der Waals surface area contributed by atoms with Gasteiger partial charge in [0.2, 0.25) is 10.0 Å². The zero-order chi connectivity index (χ0) is 17.6. The van der Waals surface area contributed by atoms with Crippen molar-refractivity contribution in [3.05, 3.63) is 59.9 Å². The fraction of sp³-hybridized carbons (Fsp3) is 0.125. The van der Waals surface area contributed by atoms with Crippen molar-refractivity contribution in [2.75, 3.05) is 13.2 Å². The lowest BCUT2D eigenvalue weighted by Gasteiger charge is -2.04. The van der Waals surface area contributed by atoms with E-state index in [0.717, 1.165) is 0 Å². The van der Waals surface area contributed by atoms with Crippen LogP contribution in [0, 0.1) is 29.3 Å². The first-order chi connectivity index (χ1) is 11.4. The summed E-state index contributed by atoms with van der Waals surface area (Å²) in [5.41, 5.74) is 0. The Labute approximate surface area is 137 Å². The molecule has 126 valence electrons. The van der Waals surface area contributed by atoms with E-state index in [2.05, 4.69) is 16.6 Å². The van der Waals surface area contributed by atoms with Crippen LogP contribution in [0.5, 0.6) is 5.75 Å². The molecular formula is C16H12F3NO3S. The minimum absolute atomic E-state index is 0.0302. The summed E-state index contributed by atoms with van der Waals surface area (Å²) in [4.78, 5) is -0.538. The fourth-order valence-electron chi connectivity index (χ4n) is 1.69. The molecule has 2 aromatic rings. The van der Waals surface area contributed by atoms with Crippen molar-refractivity contribution in [1.82, 2.24) is 4.72 Å². The number of hydrogen-bond acceptors (Lipinski definition) is 3. The summed E-state index contributed by atoms with van der Waals surface area (Å²) in [7, 11) is -4.08. The Morgan fingerprint density at radius 2 is 1.67 bits per heavy atom. The van der Waals surface area contributed by atoms with E-state index < -0.39 is 32.4 Å². The summed E-state index contributed by atoms with van der Waals surface area (Å²) in [6.45, 7) is -0.432. The number of halogens is 3. The summed E-state index contributed by atoms with van der Waals surface area (Å²) in [5.74, 6) is 2.44. The van der Waals surface area contributed by atoms with Gasteiger partial charge in [-0.2, -0.15) is 4.72 Å². The first-order valence-corrected chi connectivity index (χ1v) is 8.15. The normalized spacial score (nSPS) is 10.8. The van der Waals surface area contributed by atoms with Gasteiger partial charge in [-0.15, -0.1) is 0 Å². The van der Waals surface area contributed by atoms with Crippen LogP contribution in [-0.4, -0.2) is 21.6 Å². The monoisotopic (exact) mass is 355 g/mol. The van der Waals surface area contributed by atoms with Crippen LogP contribution in [0.15, 0.2) is 47.4 Å². The summed E-state index contributed by atoms with van der Waals surface area (Å²) in [6.07, 6.45) is 0. The minimum Gasteiger partial charge on any atom is -0.478 e. The minimum atomic E-state index is -4.08. The summed E-state index contributed by atoms with van der Waals surface area (Å²) >= 11 is 0. The van der Waals surface area contributed by atoms with Crippen molar-refractivity contribution in [3.8, 4) is 17.6 Å². The van der Waals surface area contributed by atoms with Gasteiger partial charge in [0, 0.05) is 6.07 Å². The Morgan fingerprint density at radius 3 is 2.33 bits per heavy atom. The first kappa shape index (κ1) is 17.8. The molecule has 2 rings (SSSR count). The smallest absolute Gasteiger partial charge is 0.241 e. The molecule has 0 heterocycles. The molecule has 8 heteroatoms. The van der Waals surface area contributed by atoms with Gasteiger partial charge in [-0.25, -0.2) is 21.6 Å². The van der Waals surface area contributed by atoms with Gasteiger partial charge in [-0.05, 0) is 24.3 Å². The Morgan fingerprint density at radius 1 is 1.00 bits per heavy atom. The van der Waals surface area contributed by atoms with Gasteiger partial charge in [0.1, 0.15) is 18.2 Å².